The SMILES string of the molecule is CCc1ncn(C)c1SC. The van der Waals surface area contributed by atoms with E-state index in [-0.39, 0.29) is 0 Å². The third-order valence-electron chi connectivity index (χ3n) is 1.48. The maximum absolute atomic E-state index is 4.25. The Labute approximate surface area is 65.7 Å². The van der Waals surface area contributed by atoms with Crippen molar-refractivity contribution in [3.05, 3.63) is 12.0 Å². The van der Waals surface area contributed by atoms with Gasteiger partial charge in [-0.1, -0.05) is 6.92 Å². The van der Waals surface area contributed by atoms with E-state index in [4.69, 9.17) is 0 Å². The quantitative estimate of drug-likeness (QED) is 0.607. The molecule has 0 spiro atoms. The molecule has 0 amide bonds. The summed E-state index contributed by atoms with van der Waals surface area (Å²) in [5.74, 6) is 0. The van der Waals surface area contributed by atoms with Crippen molar-refractivity contribution in [3.63, 3.8) is 0 Å². The van der Waals surface area contributed by atoms with Crippen molar-refractivity contribution in [2.75, 3.05) is 6.26 Å². The number of thioether (sulfide) groups is 1. The van der Waals surface area contributed by atoms with Gasteiger partial charge in [0, 0.05) is 7.05 Å². The predicted molar refractivity (Wildman–Crippen MR) is 44.4 cm³/mol. The average molecular weight is 156 g/mol. The summed E-state index contributed by atoms with van der Waals surface area (Å²) in [7, 11) is 2.03. The van der Waals surface area contributed by atoms with Crippen LogP contribution >= 0.6 is 11.8 Å². The maximum atomic E-state index is 4.25. The van der Waals surface area contributed by atoms with Gasteiger partial charge in [0.2, 0.25) is 0 Å². The topological polar surface area (TPSA) is 17.8 Å². The molecule has 2 nitrogen and oxygen atoms in total. The molecule has 0 bridgehead atoms. The third-order valence-corrected chi connectivity index (χ3v) is 2.39. The van der Waals surface area contributed by atoms with Crippen molar-refractivity contribution in [3.8, 4) is 0 Å². The Morgan fingerprint density at radius 3 is 2.80 bits per heavy atom. The van der Waals surface area contributed by atoms with E-state index in [1.807, 2.05) is 13.4 Å². The maximum Gasteiger partial charge on any atom is 0.0973 e. The molecule has 0 fully saturated rings. The first kappa shape index (κ1) is 7.66. The van der Waals surface area contributed by atoms with E-state index in [2.05, 4.69) is 22.7 Å². The van der Waals surface area contributed by atoms with Gasteiger partial charge in [0.25, 0.3) is 0 Å². The molecule has 0 unspecified atom stereocenters. The van der Waals surface area contributed by atoms with Gasteiger partial charge in [0.05, 0.1) is 17.0 Å². The van der Waals surface area contributed by atoms with E-state index in [0.29, 0.717) is 0 Å². The fourth-order valence-electron chi connectivity index (χ4n) is 0.972. The Hall–Kier alpha value is -0.440. The lowest BCUT2D eigenvalue weighted by Crippen LogP contribution is -1.88. The number of aromatic nitrogens is 2. The molecule has 0 radical (unpaired) electrons. The van der Waals surface area contributed by atoms with Gasteiger partial charge < -0.3 is 4.57 Å². The lowest BCUT2D eigenvalue weighted by Gasteiger charge is -1.98. The summed E-state index contributed by atoms with van der Waals surface area (Å²) in [6.07, 6.45) is 4.97. The Morgan fingerprint density at radius 1 is 1.70 bits per heavy atom. The summed E-state index contributed by atoms with van der Waals surface area (Å²) in [4.78, 5) is 4.25. The van der Waals surface area contributed by atoms with Crippen LogP contribution in [0, 0.1) is 0 Å². The average Bonchev–Trinajstić information content (AvgIpc) is 2.30. The highest BCUT2D eigenvalue weighted by Gasteiger charge is 2.03. The van der Waals surface area contributed by atoms with Crippen LogP contribution in [0.5, 0.6) is 0 Å². The van der Waals surface area contributed by atoms with Crippen LogP contribution in [-0.2, 0) is 13.5 Å². The molecule has 0 N–H and O–H groups in total. The lowest BCUT2D eigenvalue weighted by molar-refractivity contribution is 0.812. The summed E-state index contributed by atoms with van der Waals surface area (Å²) in [5, 5.41) is 1.28. The second-order valence-corrected chi connectivity index (χ2v) is 2.96. The van der Waals surface area contributed by atoms with Crippen molar-refractivity contribution in [1.82, 2.24) is 9.55 Å². The summed E-state index contributed by atoms with van der Waals surface area (Å²) < 4.78 is 2.06. The predicted octanol–water partition coefficient (Wildman–Crippen LogP) is 1.70. The Balaban J connectivity index is 3.01. The molecular formula is C7H12N2S. The molecule has 56 valence electrons. The third kappa shape index (κ3) is 1.19. The molecule has 10 heavy (non-hydrogen) atoms. The molecule has 0 aromatic carbocycles. The second-order valence-electron chi connectivity index (χ2n) is 2.16. The number of rotatable bonds is 2. The van der Waals surface area contributed by atoms with Gasteiger partial charge >= 0.3 is 0 Å². The fourth-order valence-corrected chi connectivity index (χ4v) is 1.74. The number of nitrogens with zero attached hydrogens (tertiary/aromatic N) is 2. The van der Waals surface area contributed by atoms with E-state index < -0.39 is 0 Å². The Morgan fingerprint density at radius 2 is 2.40 bits per heavy atom. The molecule has 0 saturated heterocycles. The van der Waals surface area contributed by atoms with Crippen molar-refractivity contribution < 1.29 is 0 Å². The Bertz CT molecular complexity index is 217. The van der Waals surface area contributed by atoms with Gasteiger partial charge in [-0.2, -0.15) is 0 Å². The molecule has 0 aliphatic carbocycles. The zero-order valence-corrected chi connectivity index (χ0v) is 7.40. The molecule has 3 heteroatoms. The largest absolute Gasteiger partial charge is 0.329 e. The summed E-state index contributed by atoms with van der Waals surface area (Å²) in [5.41, 5.74) is 1.20. The lowest BCUT2D eigenvalue weighted by atomic mass is 10.4. The van der Waals surface area contributed by atoms with Crippen molar-refractivity contribution in [2.45, 2.75) is 18.4 Å². The van der Waals surface area contributed by atoms with E-state index in [1.54, 1.807) is 11.8 Å². The second kappa shape index (κ2) is 3.10. The van der Waals surface area contributed by atoms with Crippen LogP contribution in [-0.4, -0.2) is 15.8 Å². The Kier molecular flexibility index (Phi) is 2.38. The number of hydrogen-bond donors (Lipinski definition) is 0. The zero-order valence-electron chi connectivity index (χ0n) is 6.59. The highest BCUT2D eigenvalue weighted by molar-refractivity contribution is 7.98. The first-order valence-corrected chi connectivity index (χ1v) is 4.56. The van der Waals surface area contributed by atoms with E-state index >= 15 is 0 Å². The van der Waals surface area contributed by atoms with Gasteiger partial charge in [0.15, 0.2) is 0 Å². The summed E-state index contributed by atoms with van der Waals surface area (Å²) in [6.45, 7) is 2.13. The normalized spacial score (nSPS) is 10.3. The van der Waals surface area contributed by atoms with Crippen LogP contribution < -0.4 is 0 Å². The smallest absolute Gasteiger partial charge is 0.0973 e. The van der Waals surface area contributed by atoms with Gasteiger partial charge in [-0.3, -0.25) is 0 Å². The monoisotopic (exact) mass is 156 g/mol. The standard InChI is InChI=1S/C7H12N2S/c1-4-6-7(10-3)9(2)5-8-6/h5H,4H2,1-3H3. The van der Waals surface area contributed by atoms with Crippen LogP contribution in [0.1, 0.15) is 12.6 Å². The molecule has 0 aliphatic rings. The van der Waals surface area contributed by atoms with Crippen LogP contribution in [0.25, 0.3) is 0 Å². The van der Waals surface area contributed by atoms with Gasteiger partial charge in [-0.15, -0.1) is 11.8 Å². The van der Waals surface area contributed by atoms with E-state index in [1.165, 1.54) is 10.7 Å². The molecule has 0 atom stereocenters. The molecule has 1 aromatic rings. The van der Waals surface area contributed by atoms with Gasteiger partial charge in [-0.05, 0) is 12.7 Å². The van der Waals surface area contributed by atoms with E-state index in [0.717, 1.165) is 6.42 Å². The minimum absolute atomic E-state index is 1.02. The number of aryl methyl sites for hydroxylation is 2. The van der Waals surface area contributed by atoms with Crippen molar-refractivity contribution in [1.29, 1.82) is 0 Å². The van der Waals surface area contributed by atoms with Crippen LogP contribution in [0.2, 0.25) is 0 Å². The molecular weight excluding hydrogens is 144 g/mol. The highest BCUT2D eigenvalue weighted by Crippen LogP contribution is 2.18. The molecule has 0 saturated carbocycles. The molecule has 1 rings (SSSR count). The molecule has 0 aliphatic heterocycles. The van der Waals surface area contributed by atoms with Crippen molar-refractivity contribution in [2.24, 2.45) is 7.05 Å². The van der Waals surface area contributed by atoms with Crippen LogP contribution in [0.15, 0.2) is 11.4 Å². The molecule has 1 aromatic heterocycles. The summed E-state index contributed by atoms with van der Waals surface area (Å²) >= 11 is 1.75. The van der Waals surface area contributed by atoms with Gasteiger partial charge in [0.1, 0.15) is 0 Å². The molecule has 1 heterocycles. The minimum Gasteiger partial charge on any atom is -0.329 e. The fraction of sp³-hybridized carbons (Fsp3) is 0.571. The van der Waals surface area contributed by atoms with Crippen LogP contribution in [0.3, 0.4) is 0 Å². The summed E-state index contributed by atoms with van der Waals surface area (Å²) in [6, 6.07) is 0. The minimum atomic E-state index is 1.02. The zero-order chi connectivity index (χ0) is 7.56. The van der Waals surface area contributed by atoms with E-state index in [9.17, 15) is 0 Å². The first-order valence-electron chi connectivity index (χ1n) is 3.33. The number of hydrogen-bond acceptors (Lipinski definition) is 2. The van der Waals surface area contributed by atoms with Gasteiger partial charge in [-0.25, -0.2) is 4.98 Å². The number of imidazole rings is 1. The van der Waals surface area contributed by atoms with Crippen LogP contribution in [0.4, 0.5) is 0 Å². The highest BCUT2D eigenvalue weighted by atomic mass is 32.2. The van der Waals surface area contributed by atoms with Crippen molar-refractivity contribution >= 4 is 11.8 Å². The first-order chi connectivity index (χ1) is 4.79.